The molecule has 39 heavy (non-hydrogen) atoms. The molecule has 198 valence electrons. The molecule has 0 aromatic heterocycles. The van der Waals surface area contributed by atoms with Gasteiger partial charge < -0.3 is 15.3 Å². The zero-order valence-corrected chi connectivity index (χ0v) is 22.2. The third-order valence-electron chi connectivity index (χ3n) is 9.53. The van der Waals surface area contributed by atoms with Crippen LogP contribution in [0.3, 0.4) is 0 Å². The number of fused-ring (bicyclic) bond motifs is 1. The number of carbonyl (C=O) groups is 3. The summed E-state index contributed by atoms with van der Waals surface area (Å²) in [5.74, 6) is -0.0956. The molecule has 7 heteroatoms. The van der Waals surface area contributed by atoms with Gasteiger partial charge in [-0.05, 0) is 103 Å². The van der Waals surface area contributed by atoms with Crippen molar-refractivity contribution in [2.75, 3.05) is 5.32 Å². The van der Waals surface area contributed by atoms with E-state index in [1.807, 2.05) is 47.4 Å². The van der Waals surface area contributed by atoms with E-state index in [2.05, 4.69) is 5.32 Å². The quantitative estimate of drug-likeness (QED) is 0.380. The van der Waals surface area contributed by atoms with Crippen LogP contribution in [0, 0.1) is 17.3 Å². The summed E-state index contributed by atoms with van der Waals surface area (Å²) in [5.41, 5.74) is 3.74. The van der Waals surface area contributed by atoms with Crippen LogP contribution in [0.4, 0.5) is 5.69 Å². The summed E-state index contributed by atoms with van der Waals surface area (Å²) in [6, 6.07) is 20.4. The van der Waals surface area contributed by atoms with Crippen molar-refractivity contribution in [1.29, 1.82) is 0 Å². The van der Waals surface area contributed by atoms with E-state index in [0.717, 1.165) is 48.8 Å². The molecule has 0 saturated heterocycles. The average molecular weight is 541 g/mol. The lowest BCUT2D eigenvalue weighted by Crippen LogP contribution is -2.64. The molecule has 5 aliphatic rings. The molecule has 4 fully saturated rings. The van der Waals surface area contributed by atoms with Crippen LogP contribution >= 0.6 is 11.6 Å². The molecule has 2 N–H and O–H groups in total. The second-order valence-electron chi connectivity index (χ2n) is 12.1. The fourth-order valence-corrected chi connectivity index (χ4v) is 8.41. The first-order valence-electron chi connectivity index (χ1n) is 13.6. The number of aliphatic carboxylic acids is 1. The maximum Gasteiger partial charge on any atom is 0.309 e. The van der Waals surface area contributed by atoms with Crippen molar-refractivity contribution in [3.63, 3.8) is 0 Å². The van der Waals surface area contributed by atoms with Crippen LogP contribution in [0.15, 0.2) is 66.7 Å². The fraction of sp³-hybridized carbons (Fsp3) is 0.344. The van der Waals surface area contributed by atoms with Crippen molar-refractivity contribution in [3.05, 3.63) is 88.4 Å². The molecule has 4 atom stereocenters. The van der Waals surface area contributed by atoms with Gasteiger partial charge in [-0.1, -0.05) is 41.9 Å². The van der Waals surface area contributed by atoms with E-state index in [9.17, 15) is 19.5 Å². The van der Waals surface area contributed by atoms with Gasteiger partial charge in [0.25, 0.3) is 11.8 Å². The van der Waals surface area contributed by atoms with E-state index in [0.29, 0.717) is 46.6 Å². The molecule has 3 aromatic rings. The van der Waals surface area contributed by atoms with E-state index in [1.54, 1.807) is 24.3 Å². The van der Waals surface area contributed by atoms with Crippen LogP contribution in [0.25, 0.3) is 11.1 Å². The molecule has 1 aliphatic heterocycles. The highest BCUT2D eigenvalue weighted by atomic mass is 35.5. The summed E-state index contributed by atoms with van der Waals surface area (Å²) in [6.45, 7) is 0.554. The molecule has 2 amide bonds. The van der Waals surface area contributed by atoms with Gasteiger partial charge in [0, 0.05) is 33.9 Å². The Labute approximate surface area is 232 Å². The standard InChI is InChI=1S/C32H29ClN2O4/c33-25-3-1-2-23(11-25)28(36)34-26-8-6-21(7-9-26)22-4-5-24-17-35(29(37)27(24)12-22)32-15-19-10-20(16-32)14-31(13-19,18-32)30(38)39/h1-9,11-12,19-20H,10,13-18H2,(H,34,36)(H,38,39)/t19-,20+,31?,32?. The molecule has 0 spiro atoms. The van der Waals surface area contributed by atoms with Crippen LogP contribution in [-0.2, 0) is 11.3 Å². The highest BCUT2D eigenvalue weighted by Gasteiger charge is 2.63. The number of hydrogen-bond donors (Lipinski definition) is 2. The van der Waals surface area contributed by atoms with Gasteiger partial charge in [0.05, 0.1) is 5.41 Å². The predicted molar refractivity (Wildman–Crippen MR) is 149 cm³/mol. The molecule has 4 saturated carbocycles. The number of carboxylic acids is 1. The molecule has 0 radical (unpaired) electrons. The van der Waals surface area contributed by atoms with Crippen molar-refractivity contribution in [2.24, 2.45) is 17.3 Å². The van der Waals surface area contributed by atoms with Crippen LogP contribution in [0.5, 0.6) is 0 Å². The number of nitrogens with zero attached hydrogens (tertiary/aromatic N) is 1. The second-order valence-corrected chi connectivity index (χ2v) is 12.5. The summed E-state index contributed by atoms with van der Waals surface area (Å²) in [4.78, 5) is 40.8. The van der Waals surface area contributed by atoms with Gasteiger partial charge >= 0.3 is 5.97 Å². The van der Waals surface area contributed by atoms with Crippen molar-refractivity contribution >= 4 is 35.1 Å². The van der Waals surface area contributed by atoms with Gasteiger partial charge in [-0.2, -0.15) is 0 Å². The van der Waals surface area contributed by atoms with Crippen LogP contribution < -0.4 is 5.32 Å². The number of hydrogen-bond acceptors (Lipinski definition) is 3. The van der Waals surface area contributed by atoms with E-state index >= 15 is 0 Å². The highest BCUT2D eigenvalue weighted by Crippen LogP contribution is 2.64. The topological polar surface area (TPSA) is 86.7 Å². The Morgan fingerprint density at radius 2 is 1.64 bits per heavy atom. The Morgan fingerprint density at radius 1 is 0.923 bits per heavy atom. The van der Waals surface area contributed by atoms with Gasteiger partial charge in [0.1, 0.15) is 0 Å². The molecule has 2 unspecified atom stereocenters. The zero-order valence-electron chi connectivity index (χ0n) is 21.5. The summed E-state index contributed by atoms with van der Waals surface area (Å²) in [7, 11) is 0. The van der Waals surface area contributed by atoms with Crippen molar-refractivity contribution in [1.82, 2.24) is 4.90 Å². The summed E-state index contributed by atoms with van der Waals surface area (Å²) >= 11 is 6.01. The molecular formula is C32H29ClN2O4. The second kappa shape index (κ2) is 8.68. The molecule has 3 aromatic carbocycles. The van der Waals surface area contributed by atoms with Gasteiger partial charge in [-0.3, -0.25) is 14.4 Å². The van der Waals surface area contributed by atoms with E-state index in [1.165, 1.54) is 0 Å². The Bertz CT molecular complexity index is 1520. The minimum Gasteiger partial charge on any atom is -0.481 e. The smallest absolute Gasteiger partial charge is 0.309 e. The summed E-state index contributed by atoms with van der Waals surface area (Å²) < 4.78 is 0. The van der Waals surface area contributed by atoms with Crippen LogP contribution in [0.1, 0.15) is 64.8 Å². The lowest BCUT2D eigenvalue weighted by atomic mass is 9.46. The average Bonchev–Trinajstić information content (AvgIpc) is 3.25. The Morgan fingerprint density at radius 3 is 2.33 bits per heavy atom. The first-order chi connectivity index (χ1) is 18.7. The number of carbonyl (C=O) groups excluding carboxylic acids is 2. The van der Waals surface area contributed by atoms with Crippen molar-refractivity contribution < 1.29 is 19.5 Å². The first kappa shape index (κ1) is 24.4. The number of anilines is 1. The number of rotatable bonds is 5. The number of halogens is 1. The predicted octanol–water partition coefficient (Wildman–Crippen LogP) is 6.64. The first-order valence-corrected chi connectivity index (χ1v) is 14.0. The maximum absolute atomic E-state index is 13.8. The third kappa shape index (κ3) is 3.96. The summed E-state index contributed by atoms with van der Waals surface area (Å²) in [5, 5.41) is 13.5. The Kier molecular flexibility index (Phi) is 5.43. The van der Waals surface area contributed by atoms with Gasteiger partial charge in [-0.25, -0.2) is 0 Å². The maximum atomic E-state index is 13.8. The minimum absolute atomic E-state index is 0.0275. The number of benzene rings is 3. The molecule has 1 heterocycles. The minimum atomic E-state index is -0.681. The fourth-order valence-electron chi connectivity index (χ4n) is 8.22. The third-order valence-corrected chi connectivity index (χ3v) is 9.77. The van der Waals surface area contributed by atoms with Crippen molar-refractivity contribution in [3.8, 4) is 11.1 Å². The van der Waals surface area contributed by atoms with E-state index in [4.69, 9.17) is 11.6 Å². The normalized spacial score (nSPS) is 28.4. The number of amides is 2. The van der Waals surface area contributed by atoms with Gasteiger partial charge in [0.15, 0.2) is 0 Å². The van der Waals surface area contributed by atoms with Crippen molar-refractivity contribution in [2.45, 2.75) is 50.6 Å². The summed E-state index contributed by atoms with van der Waals surface area (Å²) in [6.07, 6.45) is 5.05. The lowest BCUT2D eigenvalue weighted by Gasteiger charge is -2.62. The highest BCUT2D eigenvalue weighted by molar-refractivity contribution is 6.31. The molecular weight excluding hydrogens is 512 g/mol. The molecule has 8 rings (SSSR count). The SMILES string of the molecule is O=C(Nc1ccc(-c2ccc3c(c2)C(=O)N(C24C[C@@H]5C[C@@H](CC(C(=O)O)(C5)C2)C4)C3)cc1)c1cccc(Cl)c1. The van der Waals surface area contributed by atoms with Crippen LogP contribution in [-0.4, -0.2) is 33.3 Å². The molecule has 6 nitrogen and oxygen atoms in total. The number of nitrogens with one attached hydrogen (secondary N) is 1. The largest absolute Gasteiger partial charge is 0.481 e. The zero-order chi connectivity index (χ0) is 26.9. The van der Waals surface area contributed by atoms with Crippen LogP contribution in [0.2, 0.25) is 5.02 Å². The van der Waals surface area contributed by atoms with Gasteiger partial charge in [-0.15, -0.1) is 0 Å². The van der Waals surface area contributed by atoms with Gasteiger partial charge in [0.2, 0.25) is 0 Å². The molecule has 4 bridgehead atoms. The van der Waals surface area contributed by atoms with E-state index < -0.39 is 11.4 Å². The Balaban J connectivity index is 1.11. The Hall–Kier alpha value is -3.64. The van der Waals surface area contributed by atoms with E-state index in [-0.39, 0.29) is 17.4 Å². The lowest BCUT2D eigenvalue weighted by molar-refractivity contribution is -0.175. The monoisotopic (exact) mass is 540 g/mol. The molecule has 4 aliphatic carbocycles. The number of carboxylic acid groups (broad SMARTS) is 1.